The number of ether oxygens (including phenoxy) is 1. The molecule has 5 nitrogen and oxygen atoms in total. The SMILES string of the molecule is C#CC[C@H](OC(=O)c1ccc(N(C)C)nn1)C(C)(C)C. The van der Waals surface area contributed by atoms with Gasteiger partial charge >= 0.3 is 5.97 Å². The summed E-state index contributed by atoms with van der Waals surface area (Å²) < 4.78 is 5.44. The van der Waals surface area contributed by atoms with E-state index in [1.807, 2.05) is 34.9 Å². The average Bonchev–Trinajstić information content (AvgIpc) is 2.37. The maximum Gasteiger partial charge on any atom is 0.359 e. The Hall–Kier alpha value is -2.09. The molecule has 0 saturated heterocycles. The quantitative estimate of drug-likeness (QED) is 0.622. The Kier molecular flexibility index (Phi) is 5.09. The van der Waals surface area contributed by atoms with Crippen molar-refractivity contribution in [2.45, 2.75) is 33.3 Å². The number of nitrogens with zero attached hydrogens (tertiary/aromatic N) is 3. The molecule has 1 aromatic heterocycles. The van der Waals surface area contributed by atoms with Crippen LogP contribution in [0.4, 0.5) is 5.82 Å². The minimum absolute atomic E-state index is 0.182. The molecule has 1 heterocycles. The minimum atomic E-state index is -0.502. The summed E-state index contributed by atoms with van der Waals surface area (Å²) in [5.41, 5.74) is -0.0409. The van der Waals surface area contributed by atoms with Gasteiger partial charge in [0.1, 0.15) is 6.10 Å². The molecule has 0 spiro atoms. The molecule has 1 atom stereocenters. The number of carbonyl (C=O) groups excluding carboxylic acids is 1. The topological polar surface area (TPSA) is 55.3 Å². The number of terminal acetylenes is 1. The van der Waals surface area contributed by atoms with Gasteiger partial charge in [-0.1, -0.05) is 20.8 Å². The highest BCUT2D eigenvalue weighted by atomic mass is 16.5. The van der Waals surface area contributed by atoms with E-state index in [4.69, 9.17) is 11.2 Å². The fraction of sp³-hybridized carbons (Fsp3) is 0.533. The molecule has 0 aliphatic heterocycles. The largest absolute Gasteiger partial charge is 0.456 e. The molecule has 0 fully saturated rings. The van der Waals surface area contributed by atoms with Crippen LogP contribution >= 0.6 is 0 Å². The molecular formula is C15H21N3O2. The highest BCUT2D eigenvalue weighted by Crippen LogP contribution is 2.25. The number of aromatic nitrogens is 2. The number of hydrogen-bond donors (Lipinski definition) is 0. The van der Waals surface area contributed by atoms with Gasteiger partial charge in [-0.15, -0.1) is 22.5 Å². The van der Waals surface area contributed by atoms with Crippen LogP contribution in [0.5, 0.6) is 0 Å². The third-order valence-corrected chi connectivity index (χ3v) is 2.84. The van der Waals surface area contributed by atoms with Gasteiger partial charge in [-0.05, 0) is 17.5 Å². The highest BCUT2D eigenvalue weighted by molar-refractivity contribution is 5.87. The van der Waals surface area contributed by atoms with Crippen LogP contribution in [-0.2, 0) is 4.74 Å². The summed E-state index contributed by atoms with van der Waals surface area (Å²) in [5, 5.41) is 7.83. The maximum atomic E-state index is 12.1. The molecule has 0 aromatic carbocycles. The Balaban J connectivity index is 2.82. The molecule has 0 saturated carbocycles. The van der Waals surface area contributed by atoms with Crippen molar-refractivity contribution in [2.24, 2.45) is 5.41 Å². The predicted octanol–water partition coefficient (Wildman–Crippen LogP) is 2.14. The summed E-state index contributed by atoms with van der Waals surface area (Å²) in [5.74, 6) is 2.71. The third-order valence-electron chi connectivity index (χ3n) is 2.84. The standard InChI is InChI=1S/C15H21N3O2/c1-7-8-12(15(2,3)4)20-14(19)11-9-10-13(17-16-11)18(5)6/h1,9-10,12H,8H2,2-6H3/t12-/m0/s1. The van der Waals surface area contributed by atoms with Gasteiger partial charge in [0.2, 0.25) is 0 Å². The molecule has 0 unspecified atom stereocenters. The van der Waals surface area contributed by atoms with E-state index in [0.29, 0.717) is 12.2 Å². The van der Waals surface area contributed by atoms with Crippen molar-refractivity contribution in [3.8, 4) is 12.3 Å². The molecule has 1 rings (SSSR count). The molecule has 0 amide bonds. The van der Waals surface area contributed by atoms with E-state index in [2.05, 4.69) is 16.1 Å². The van der Waals surface area contributed by atoms with Gasteiger partial charge in [-0.25, -0.2) is 4.79 Å². The molecule has 0 aliphatic rings. The molecule has 5 heteroatoms. The molecule has 0 aliphatic carbocycles. The van der Waals surface area contributed by atoms with Gasteiger partial charge in [-0.2, -0.15) is 0 Å². The van der Waals surface area contributed by atoms with Crippen LogP contribution in [-0.4, -0.2) is 36.4 Å². The van der Waals surface area contributed by atoms with Crippen LogP contribution in [0.2, 0.25) is 0 Å². The zero-order valence-corrected chi connectivity index (χ0v) is 12.7. The second-order valence-corrected chi connectivity index (χ2v) is 5.84. The van der Waals surface area contributed by atoms with E-state index in [0.717, 1.165) is 0 Å². The zero-order chi connectivity index (χ0) is 15.3. The fourth-order valence-corrected chi connectivity index (χ4v) is 1.49. The number of carbonyl (C=O) groups is 1. The number of rotatable bonds is 4. The van der Waals surface area contributed by atoms with Crippen molar-refractivity contribution in [1.82, 2.24) is 10.2 Å². The van der Waals surface area contributed by atoms with Crippen molar-refractivity contribution in [2.75, 3.05) is 19.0 Å². The second kappa shape index (κ2) is 6.38. The first kappa shape index (κ1) is 16.0. The molecule has 0 N–H and O–H groups in total. The van der Waals surface area contributed by atoms with Gasteiger partial charge in [0, 0.05) is 20.5 Å². The Morgan fingerprint density at radius 2 is 2.05 bits per heavy atom. The first-order valence-corrected chi connectivity index (χ1v) is 6.41. The summed E-state index contributed by atoms with van der Waals surface area (Å²) in [6.45, 7) is 5.93. The van der Waals surface area contributed by atoms with Crippen molar-refractivity contribution in [3.63, 3.8) is 0 Å². The lowest BCUT2D eigenvalue weighted by molar-refractivity contribution is -0.00124. The first-order chi connectivity index (χ1) is 9.25. The number of esters is 1. The highest BCUT2D eigenvalue weighted by Gasteiger charge is 2.28. The van der Waals surface area contributed by atoms with Crippen LogP contribution in [0, 0.1) is 17.8 Å². The van der Waals surface area contributed by atoms with Crippen molar-refractivity contribution >= 4 is 11.8 Å². The minimum Gasteiger partial charge on any atom is -0.456 e. The fourth-order valence-electron chi connectivity index (χ4n) is 1.49. The van der Waals surface area contributed by atoms with E-state index in [1.165, 1.54) is 0 Å². The molecule has 0 radical (unpaired) electrons. The summed E-state index contributed by atoms with van der Waals surface area (Å²) in [6.07, 6.45) is 5.34. The van der Waals surface area contributed by atoms with Crippen LogP contribution in [0.1, 0.15) is 37.7 Å². The van der Waals surface area contributed by atoms with Gasteiger partial charge in [-0.3, -0.25) is 0 Å². The second-order valence-electron chi connectivity index (χ2n) is 5.84. The van der Waals surface area contributed by atoms with Crippen molar-refractivity contribution in [1.29, 1.82) is 0 Å². The van der Waals surface area contributed by atoms with E-state index >= 15 is 0 Å². The summed E-state index contributed by atoms with van der Waals surface area (Å²) in [6, 6.07) is 3.32. The van der Waals surface area contributed by atoms with Gasteiger partial charge in [0.15, 0.2) is 11.5 Å². The van der Waals surface area contributed by atoms with Crippen LogP contribution in [0.3, 0.4) is 0 Å². The van der Waals surface area contributed by atoms with Gasteiger partial charge in [0.05, 0.1) is 0 Å². The van der Waals surface area contributed by atoms with E-state index in [9.17, 15) is 4.79 Å². The van der Waals surface area contributed by atoms with Gasteiger partial charge < -0.3 is 9.64 Å². The average molecular weight is 275 g/mol. The Morgan fingerprint density at radius 1 is 1.40 bits per heavy atom. The molecular weight excluding hydrogens is 254 g/mol. The third kappa shape index (κ3) is 4.23. The molecule has 20 heavy (non-hydrogen) atoms. The van der Waals surface area contributed by atoms with Crippen LogP contribution in [0.15, 0.2) is 12.1 Å². The number of anilines is 1. The van der Waals surface area contributed by atoms with Crippen molar-refractivity contribution in [3.05, 3.63) is 17.8 Å². The van der Waals surface area contributed by atoms with Crippen LogP contribution < -0.4 is 4.90 Å². The Morgan fingerprint density at radius 3 is 2.45 bits per heavy atom. The molecule has 108 valence electrons. The normalized spacial score (nSPS) is 12.4. The van der Waals surface area contributed by atoms with Gasteiger partial charge in [0.25, 0.3) is 0 Å². The summed E-state index contributed by atoms with van der Waals surface area (Å²) >= 11 is 0. The molecule has 0 bridgehead atoms. The predicted molar refractivity (Wildman–Crippen MR) is 78.5 cm³/mol. The lowest BCUT2D eigenvalue weighted by Gasteiger charge is -2.28. The monoisotopic (exact) mass is 275 g/mol. The summed E-state index contributed by atoms with van der Waals surface area (Å²) in [7, 11) is 3.70. The zero-order valence-electron chi connectivity index (χ0n) is 12.7. The Bertz CT molecular complexity index is 495. The van der Waals surface area contributed by atoms with Crippen LogP contribution in [0.25, 0.3) is 0 Å². The molecule has 1 aromatic rings. The summed E-state index contributed by atoms with van der Waals surface area (Å²) in [4.78, 5) is 13.9. The van der Waals surface area contributed by atoms with E-state index in [-0.39, 0.29) is 17.2 Å². The smallest absolute Gasteiger partial charge is 0.359 e. The first-order valence-electron chi connectivity index (χ1n) is 6.41. The maximum absolute atomic E-state index is 12.1. The van der Waals surface area contributed by atoms with E-state index < -0.39 is 5.97 Å². The van der Waals surface area contributed by atoms with E-state index in [1.54, 1.807) is 17.0 Å². The lowest BCUT2D eigenvalue weighted by Crippen LogP contribution is -2.31. The van der Waals surface area contributed by atoms with Crippen molar-refractivity contribution < 1.29 is 9.53 Å². The number of hydrogen-bond acceptors (Lipinski definition) is 5. The lowest BCUT2D eigenvalue weighted by atomic mass is 9.87. The Labute approximate surface area is 120 Å².